The lowest BCUT2D eigenvalue weighted by atomic mass is 10.00. The van der Waals surface area contributed by atoms with Crippen molar-refractivity contribution >= 4 is 0 Å². The molecule has 0 aromatic carbocycles. The average Bonchev–Trinajstić information content (AvgIpc) is 2.30. The number of nitrogens with two attached hydrogens (primary N) is 1. The van der Waals surface area contributed by atoms with Crippen molar-refractivity contribution in [2.24, 2.45) is 5.73 Å². The highest BCUT2D eigenvalue weighted by molar-refractivity contribution is 4.76. The number of hydrogen-bond donors (Lipinski definition) is 2. The van der Waals surface area contributed by atoms with E-state index in [4.69, 9.17) is 10.5 Å². The molecule has 1 rings (SSSR count). The number of aliphatic hydroxyl groups is 1. The minimum Gasteiger partial charge on any atom is -0.389 e. The highest BCUT2D eigenvalue weighted by Crippen LogP contribution is 2.15. The number of rotatable bonds is 7. The average molecular weight is 244 g/mol. The van der Waals surface area contributed by atoms with Crippen molar-refractivity contribution < 1.29 is 9.84 Å². The van der Waals surface area contributed by atoms with Crippen LogP contribution in [-0.2, 0) is 4.74 Å². The number of piperidine rings is 1. The molecule has 0 saturated carbocycles. The van der Waals surface area contributed by atoms with E-state index in [1.165, 1.54) is 12.8 Å². The lowest BCUT2D eigenvalue weighted by Crippen LogP contribution is -2.41. The zero-order valence-corrected chi connectivity index (χ0v) is 11.3. The smallest absolute Gasteiger partial charge is 0.0741 e. The highest BCUT2D eigenvalue weighted by Gasteiger charge is 2.21. The van der Waals surface area contributed by atoms with Gasteiger partial charge in [-0.3, -0.25) is 0 Å². The summed E-state index contributed by atoms with van der Waals surface area (Å²) in [5, 5.41) is 9.82. The molecule has 4 heteroatoms. The van der Waals surface area contributed by atoms with E-state index < -0.39 is 5.60 Å². The van der Waals surface area contributed by atoms with Crippen LogP contribution < -0.4 is 5.73 Å². The van der Waals surface area contributed by atoms with Crippen molar-refractivity contribution in [1.82, 2.24) is 4.90 Å². The summed E-state index contributed by atoms with van der Waals surface area (Å²) in [6.07, 6.45) is 4.59. The van der Waals surface area contributed by atoms with Crippen LogP contribution in [0.2, 0.25) is 0 Å². The molecule has 2 atom stereocenters. The summed E-state index contributed by atoms with van der Waals surface area (Å²) in [5.74, 6) is 0. The Bertz CT molecular complexity index is 208. The molecule has 1 fully saturated rings. The van der Waals surface area contributed by atoms with Gasteiger partial charge in [0.05, 0.1) is 11.7 Å². The topological polar surface area (TPSA) is 58.7 Å². The van der Waals surface area contributed by atoms with E-state index in [-0.39, 0.29) is 0 Å². The SMILES string of the molecule is CCOC1CCCN(CCCC(C)(O)CN)C1. The molecule has 0 bridgehead atoms. The molecule has 1 aliphatic rings. The standard InChI is InChI=1S/C13H28N2O2/c1-3-17-12-6-4-8-15(10-12)9-5-7-13(2,16)11-14/h12,16H,3-11,14H2,1-2H3. The van der Waals surface area contributed by atoms with E-state index in [9.17, 15) is 5.11 Å². The fourth-order valence-electron chi connectivity index (χ4n) is 2.37. The van der Waals surface area contributed by atoms with E-state index in [1.54, 1.807) is 0 Å². The molecule has 2 unspecified atom stereocenters. The lowest BCUT2D eigenvalue weighted by Gasteiger charge is -2.33. The van der Waals surface area contributed by atoms with Gasteiger partial charge in [0.15, 0.2) is 0 Å². The first-order valence-corrected chi connectivity index (χ1v) is 6.84. The number of nitrogens with zero attached hydrogens (tertiary/aromatic N) is 1. The van der Waals surface area contributed by atoms with Crippen LogP contribution in [0.25, 0.3) is 0 Å². The zero-order chi connectivity index (χ0) is 12.7. The minimum atomic E-state index is -0.699. The van der Waals surface area contributed by atoms with Gasteiger partial charge >= 0.3 is 0 Å². The molecule has 1 heterocycles. The Morgan fingerprint density at radius 3 is 2.94 bits per heavy atom. The normalized spacial score (nSPS) is 25.8. The third kappa shape index (κ3) is 5.82. The van der Waals surface area contributed by atoms with E-state index in [0.29, 0.717) is 12.6 Å². The van der Waals surface area contributed by atoms with Crippen molar-refractivity contribution in [2.45, 2.75) is 51.2 Å². The van der Waals surface area contributed by atoms with Gasteiger partial charge in [0.1, 0.15) is 0 Å². The molecular formula is C13H28N2O2. The first-order valence-electron chi connectivity index (χ1n) is 6.84. The van der Waals surface area contributed by atoms with Crippen molar-refractivity contribution in [2.75, 3.05) is 32.8 Å². The van der Waals surface area contributed by atoms with Crippen LogP contribution in [0, 0.1) is 0 Å². The van der Waals surface area contributed by atoms with Crippen LogP contribution in [0.3, 0.4) is 0 Å². The summed E-state index contributed by atoms with van der Waals surface area (Å²) < 4.78 is 5.67. The first kappa shape index (κ1) is 14.9. The molecule has 0 aromatic heterocycles. The Labute approximate surface area is 105 Å². The molecule has 0 amide bonds. The van der Waals surface area contributed by atoms with Gasteiger partial charge in [-0.15, -0.1) is 0 Å². The van der Waals surface area contributed by atoms with E-state index in [1.807, 2.05) is 6.92 Å². The van der Waals surface area contributed by atoms with Crippen molar-refractivity contribution in [3.8, 4) is 0 Å². The lowest BCUT2D eigenvalue weighted by molar-refractivity contribution is 0.00225. The predicted octanol–water partition coefficient (Wildman–Crippen LogP) is 0.977. The quantitative estimate of drug-likeness (QED) is 0.701. The maximum Gasteiger partial charge on any atom is 0.0741 e. The Kier molecular flexibility index (Phi) is 6.41. The molecule has 17 heavy (non-hydrogen) atoms. The van der Waals surface area contributed by atoms with Crippen molar-refractivity contribution in [1.29, 1.82) is 0 Å². The van der Waals surface area contributed by atoms with Crippen LogP contribution >= 0.6 is 0 Å². The second-order valence-electron chi connectivity index (χ2n) is 5.32. The van der Waals surface area contributed by atoms with Gasteiger partial charge in [0.25, 0.3) is 0 Å². The summed E-state index contributed by atoms with van der Waals surface area (Å²) in [7, 11) is 0. The van der Waals surface area contributed by atoms with Crippen LogP contribution in [0.5, 0.6) is 0 Å². The van der Waals surface area contributed by atoms with Gasteiger partial charge in [0.2, 0.25) is 0 Å². The van der Waals surface area contributed by atoms with E-state index in [2.05, 4.69) is 11.8 Å². The fraction of sp³-hybridized carbons (Fsp3) is 1.00. The maximum absolute atomic E-state index is 9.82. The van der Waals surface area contributed by atoms with E-state index in [0.717, 1.165) is 39.1 Å². The molecular weight excluding hydrogens is 216 g/mol. The van der Waals surface area contributed by atoms with Gasteiger partial charge in [-0.05, 0) is 52.6 Å². The Morgan fingerprint density at radius 1 is 1.53 bits per heavy atom. The maximum atomic E-state index is 9.82. The number of likely N-dealkylation sites (tertiary alicyclic amines) is 1. The molecule has 1 saturated heterocycles. The summed E-state index contributed by atoms with van der Waals surface area (Å²) >= 11 is 0. The van der Waals surface area contributed by atoms with Crippen molar-refractivity contribution in [3.05, 3.63) is 0 Å². The van der Waals surface area contributed by atoms with Gasteiger partial charge in [-0.1, -0.05) is 0 Å². The molecule has 1 aliphatic heterocycles. The van der Waals surface area contributed by atoms with Gasteiger partial charge < -0.3 is 20.5 Å². The number of ether oxygens (including phenoxy) is 1. The summed E-state index contributed by atoms with van der Waals surface area (Å²) in [6.45, 7) is 8.26. The fourth-order valence-corrected chi connectivity index (χ4v) is 2.37. The van der Waals surface area contributed by atoms with Crippen LogP contribution in [0.4, 0.5) is 0 Å². The third-order valence-corrected chi connectivity index (χ3v) is 3.49. The second kappa shape index (κ2) is 7.31. The van der Waals surface area contributed by atoms with Crippen molar-refractivity contribution in [3.63, 3.8) is 0 Å². The molecule has 0 spiro atoms. The summed E-state index contributed by atoms with van der Waals surface area (Å²) in [6, 6.07) is 0. The van der Waals surface area contributed by atoms with Crippen LogP contribution in [0.1, 0.15) is 39.5 Å². The van der Waals surface area contributed by atoms with Crippen LogP contribution in [0.15, 0.2) is 0 Å². The summed E-state index contributed by atoms with van der Waals surface area (Å²) in [4.78, 5) is 2.44. The zero-order valence-electron chi connectivity index (χ0n) is 11.3. The minimum absolute atomic E-state index is 0.342. The van der Waals surface area contributed by atoms with Crippen LogP contribution in [-0.4, -0.2) is 54.5 Å². The Hall–Kier alpha value is -0.160. The molecule has 3 N–H and O–H groups in total. The highest BCUT2D eigenvalue weighted by atomic mass is 16.5. The molecule has 0 aliphatic carbocycles. The molecule has 4 nitrogen and oxygen atoms in total. The Morgan fingerprint density at radius 2 is 2.29 bits per heavy atom. The molecule has 0 aromatic rings. The number of hydrogen-bond acceptors (Lipinski definition) is 4. The monoisotopic (exact) mass is 244 g/mol. The third-order valence-electron chi connectivity index (χ3n) is 3.49. The molecule has 0 radical (unpaired) electrons. The first-order chi connectivity index (χ1) is 8.07. The van der Waals surface area contributed by atoms with E-state index >= 15 is 0 Å². The van der Waals surface area contributed by atoms with Gasteiger partial charge in [-0.25, -0.2) is 0 Å². The Balaban J connectivity index is 2.18. The van der Waals surface area contributed by atoms with Gasteiger partial charge in [0, 0.05) is 19.7 Å². The second-order valence-corrected chi connectivity index (χ2v) is 5.32. The summed E-state index contributed by atoms with van der Waals surface area (Å²) in [5.41, 5.74) is 4.80. The largest absolute Gasteiger partial charge is 0.389 e. The predicted molar refractivity (Wildman–Crippen MR) is 70.0 cm³/mol. The van der Waals surface area contributed by atoms with Gasteiger partial charge in [-0.2, -0.15) is 0 Å². The molecule has 102 valence electrons.